The summed E-state index contributed by atoms with van der Waals surface area (Å²) in [6.45, 7) is 2.08. The van der Waals surface area contributed by atoms with Crippen LogP contribution in [0.3, 0.4) is 0 Å². The van der Waals surface area contributed by atoms with Gasteiger partial charge in [-0.05, 0) is 35.1 Å². The van der Waals surface area contributed by atoms with Crippen LogP contribution in [0.15, 0.2) is 72.8 Å². The molecular weight excluding hydrogens is 266 g/mol. The van der Waals surface area contributed by atoms with Crippen molar-refractivity contribution < 1.29 is 0 Å². The molecule has 108 valence electrons. The molecule has 0 saturated heterocycles. The van der Waals surface area contributed by atoms with Crippen molar-refractivity contribution in [3.63, 3.8) is 0 Å². The Morgan fingerprint density at radius 1 is 1.00 bits per heavy atom. The minimum Gasteiger partial charge on any atom is -0.197 e. The Balaban J connectivity index is 2.06. The summed E-state index contributed by atoms with van der Waals surface area (Å²) < 4.78 is 0. The fraction of sp³-hybridized carbons (Fsp3) is 0.190. The first-order chi connectivity index (χ1) is 10.8. The molecule has 0 aromatic heterocycles. The SMILES string of the molecule is CCC1(C#N)C=CC=C(c2ccccc2-c2ccccc2)C1. The molecule has 0 heterocycles. The zero-order valence-corrected chi connectivity index (χ0v) is 12.8. The van der Waals surface area contributed by atoms with E-state index in [2.05, 4.69) is 67.6 Å². The minimum absolute atomic E-state index is 0.367. The molecule has 1 aliphatic rings. The topological polar surface area (TPSA) is 23.8 Å². The molecule has 1 aliphatic carbocycles. The largest absolute Gasteiger partial charge is 0.197 e. The van der Waals surface area contributed by atoms with E-state index in [-0.39, 0.29) is 5.41 Å². The monoisotopic (exact) mass is 285 g/mol. The summed E-state index contributed by atoms with van der Waals surface area (Å²) in [6, 6.07) is 21.4. The van der Waals surface area contributed by atoms with Gasteiger partial charge in [-0.25, -0.2) is 0 Å². The number of hydrogen-bond donors (Lipinski definition) is 0. The van der Waals surface area contributed by atoms with Crippen molar-refractivity contribution in [2.45, 2.75) is 19.8 Å². The first-order valence-corrected chi connectivity index (χ1v) is 7.72. The molecule has 0 saturated carbocycles. The van der Waals surface area contributed by atoms with Crippen LogP contribution in [0.2, 0.25) is 0 Å². The Morgan fingerprint density at radius 2 is 1.68 bits per heavy atom. The van der Waals surface area contributed by atoms with Crippen LogP contribution >= 0.6 is 0 Å². The number of allylic oxidation sites excluding steroid dienone is 4. The first kappa shape index (κ1) is 14.4. The van der Waals surface area contributed by atoms with Crippen LogP contribution in [0.4, 0.5) is 0 Å². The average molecular weight is 285 g/mol. The summed E-state index contributed by atoms with van der Waals surface area (Å²) in [4.78, 5) is 0. The number of rotatable bonds is 3. The van der Waals surface area contributed by atoms with Crippen molar-refractivity contribution in [2.75, 3.05) is 0 Å². The van der Waals surface area contributed by atoms with E-state index in [1.807, 2.05) is 18.2 Å². The Labute approximate surface area is 132 Å². The minimum atomic E-state index is -0.367. The Morgan fingerprint density at radius 3 is 2.36 bits per heavy atom. The van der Waals surface area contributed by atoms with Gasteiger partial charge in [0.25, 0.3) is 0 Å². The van der Waals surface area contributed by atoms with Crippen molar-refractivity contribution in [2.24, 2.45) is 5.41 Å². The van der Waals surface area contributed by atoms with Gasteiger partial charge in [0.2, 0.25) is 0 Å². The van der Waals surface area contributed by atoms with Crippen LogP contribution < -0.4 is 0 Å². The molecule has 0 aliphatic heterocycles. The maximum Gasteiger partial charge on any atom is 0.0794 e. The van der Waals surface area contributed by atoms with Crippen molar-refractivity contribution in [1.82, 2.24) is 0 Å². The molecular formula is C21H19N. The van der Waals surface area contributed by atoms with Crippen LogP contribution in [-0.2, 0) is 0 Å². The third-order valence-corrected chi connectivity index (χ3v) is 4.43. The average Bonchev–Trinajstić information content (AvgIpc) is 2.62. The van der Waals surface area contributed by atoms with Gasteiger partial charge >= 0.3 is 0 Å². The summed E-state index contributed by atoms with van der Waals surface area (Å²) in [5, 5.41) is 9.56. The van der Waals surface area contributed by atoms with Crippen molar-refractivity contribution >= 4 is 5.57 Å². The van der Waals surface area contributed by atoms with Crippen LogP contribution in [0.25, 0.3) is 16.7 Å². The highest BCUT2D eigenvalue weighted by atomic mass is 14.4. The molecule has 1 heteroatoms. The molecule has 1 atom stereocenters. The normalized spacial score (nSPS) is 20.3. The zero-order valence-electron chi connectivity index (χ0n) is 12.8. The Kier molecular flexibility index (Phi) is 3.94. The number of hydrogen-bond acceptors (Lipinski definition) is 1. The maximum absolute atomic E-state index is 9.56. The predicted octanol–water partition coefficient (Wildman–Crippen LogP) is 5.62. The van der Waals surface area contributed by atoms with E-state index in [9.17, 15) is 5.26 Å². The van der Waals surface area contributed by atoms with E-state index in [0.717, 1.165) is 12.8 Å². The molecule has 0 N–H and O–H groups in total. The standard InChI is InChI=1S/C21H19N/c1-2-21(16-22)14-8-11-18(15-21)20-13-7-6-12-19(20)17-9-4-3-5-10-17/h3-14H,2,15H2,1H3. The van der Waals surface area contributed by atoms with Gasteiger partial charge in [-0.1, -0.05) is 79.7 Å². The van der Waals surface area contributed by atoms with Crippen LogP contribution in [0, 0.1) is 16.7 Å². The fourth-order valence-corrected chi connectivity index (χ4v) is 3.02. The summed E-state index contributed by atoms with van der Waals surface area (Å²) in [6.07, 6.45) is 7.84. The summed E-state index contributed by atoms with van der Waals surface area (Å²) in [7, 11) is 0. The number of nitriles is 1. The predicted molar refractivity (Wildman–Crippen MR) is 91.9 cm³/mol. The molecule has 1 unspecified atom stereocenters. The van der Waals surface area contributed by atoms with Gasteiger partial charge in [0.15, 0.2) is 0 Å². The number of benzene rings is 2. The lowest BCUT2D eigenvalue weighted by Gasteiger charge is -2.26. The highest BCUT2D eigenvalue weighted by molar-refractivity contribution is 5.83. The Bertz CT molecular complexity index is 762. The lowest BCUT2D eigenvalue weighted by molar-refractivity contribution is 0.499. The quantitative estimate of drug-likeness (QED) is 0.718. The van der Waals surface area contributed by atoms with Crippen LogP contribution in [0.1, 0.15) is 25.3 Å². The van der Waals surface area contributed by atoms with Gasteiger partial charge in [0, 0.05) is 0 Å². The lowest BCUT2D eigenvalue weighted by atomic mass is 9.75. The van der Waals surface area contributed by atoms with Crippen LogP contribution in [-0.4, -0.2) is 0 Å². The second-order valence-electron chi connectivity index (χ2n) is 5.76. The highest BCUT2D eigenvalue weighted by Crippen LogP contribution is 2.41. The van der Waals surface area contributed by atoms with Gasteiger partial charge in [0.05, 0.1) is 11.5 Å². The second-order valence-corrected chi connectivity index (χ2v) is 5.76. The van der Waals surface area contributed by atoms with E-state index in [1.54, 1.807) is 0 Å². The molecule has 2 aromatic rings. The molecule has 22 heavy (non-hydrogen) atoms. The van der Waals surface area contributed by atoms with E-state index in [0.29, 0.717) is 0 Å². The van der Waals surface area contributed by atoms with Crippen molar-refractivity contribution in [3.8, 4) is 17.2 Å². The third-order valence-electron chi connectivity index (χ3n) is 4.43. The second kappa shape index (κ2) is 6.03. The maximum atomic E-state index is 9.56. The number of nitrogens with zero attached hydrogens (tertiary/aromatic N) is 1. The third kappa shape index (κ3) is 2.61. The van der Waals surface area contributed by atoms with E-state index >= 15 is 0 Å². The van der Waals surface area contributed by atoms with Gasteiger partial charge in [-0.15, -0.1) is 0 Å². The molecule has 1 nitrogen and oxygen atoms in total. The molecule has 0 spiro atoms. The summed E-state index contributed by atoms with van der Waals surface area (Å²) in [5.74, 6) is 0. The van der Waals surface area contributed by atoms with E-state index in [1.165, 1.54) is 22.3 Å². The molecule has 0 amide bonds. The lowest BCUT2D eigenvalue weighted by Crippen LogP contribution is -2.17. The van der Waals surface area contributed by atoms with E-state index in [4.69, 9.17) is 0 Å². The van der Waals surface area contributed by atoms with Crippen molar-refractivity contribution in [1.29, 1.82) is 5.26 Å². The molecule has 3 rings (SSSR count). The fourth-order valence-electron chi connectivity index (χ4n) is 3.02. The molecule has 0 bridgehead atoms. The van der Waals surface area contributed by atoms with Gasteiger partial charge in [0.1, 0.15) is 0 Å². The van der Waals surface area contributed by atoms with Crippen molar-refractivity contribution in [3.05, 3.63) is 78.4 Å². The summed E-state index contributed by atoms with van der Waals surface area (Å²) >= 11 is 0. The van der Waals surface area contributed by atoms with Gasteiger partial charge in [-0.2, -0.15) is 5.26 Å². The van der Waals surface area contributed by atoms with Crippen LogP contribution in [0.5, 0.6) is 0 Å². The molecule has 0 radical (unpaired) electrons. The van der Waals surface area contributed by atoms with Gasteiger partial charge < -0.3 is 0 Å². The summed E-state index contributed by atoms with van der Waals surface area (Å²) in [5.41, 5.74) is 4.55. The highest BCUT2D eigenvalue weighted by Gasteiger charge is 2.29. The van der Waals surface area contributed by atoms with Gasteiger partial charge in [-0.3, -0.25) is 0 Å². The molecule has 0 fully saturated rings. The molecule has 2 aromatic carbocycles. The first-order valence-electron chi connectivity index (χ1n) is 7.72. The Hall–Kier alpha value is -2.59. The zero-order chi connectivity index (χ0) is 15.4. The smallest absolute Gasteiger partial charge is 0.0794 e. The van der Waals surface area contributed by atoms with E-state index < -0.39 is 0 Å².